The summed E-state index contributed by atoms with van der Waals surface area (Å²) >= 11 is 0. The zero-order valence-corrected chi connectivity index (χ0v) is 20.9. The Morgan fingerprint density at radius 3 is 2.48 bits per heavy atom. The molecule has 6 heteroatoms. The molecule has 1 saturated carbocycles. The van der Waals surface area contributed by atoms with E-state index in [1.807, 2.05) is 0 Å². The molecule has 1 spiro atoms. The largest absolute Gasteiger partial charge is 0.459 e. The van der Waals surface area contributed by atoms with Crippen LogP contribution in [0, 0.1) is 5.92 Å². The molecule has 2 aliphatic heterocycles. The summed E-state index contributed by atoms with van der Waals surface area (Å²) in [5.41, 5.74) is 1.19. The Kier molecular flexibility index (Phi) is 8.57. The Morgan fingerprint density at radius 1 is 1.15 bits per heavy atom. The van der Waals surface area contributed by atoms with Gasteiger partial charge < -0.3 is 19.5 Å². The van der Waals surface area contributed by atoms with Crippen LogP contribution >= 0.6 is 0 Å². The summed E-state index contributed by atoms with van der Waals surface area (Å²) in [6.07, 6.45) is 16.7. The molecule has 2 saturated heterocycles. The van der Waals surface area contributed by atoms with Gasteiger partial charge in [-0.2, -0.15) is 0 Å². The number of epoxide rings is 1. The van der Waals surface area contributed by atoms with Gasteiger partial charge in [-0.15, -0.1) is 0 Å². The summed E-state index contributed by atoms with van der Waals surface area (Å²) in [5.74, 6) is 0.192. The van der Waals surface area contributed by atoms with Gasteiger partial charge in [0.1, 0.15) is 6.10 Å². The molecule has 184 valence electrons. The fourth-order valence-corrected chi connectivity index (χ4v) is 5.13. The van der Waals surface area contributed by atoms with E-state index < -0.39 is 6.10 Å². The highest BCUT2D eigenvalue weighted by Gasteiger charge is 2.53. The molecular formula is C27H41NO5. The third-order valence-corrected chi connectivity index (χ3v) is 6.75. The molecule has 1 aliphatic carbocycles. The fraction of sp³-hybridized carbons (Fsp3) is 0.704. The monoisotopic (exact) mass is 459 g/mol. The van der Waals surface area contributed by atoms with Crippen LogP contribution in [0.3, 0.4) is 0 Å². The highest BCUT2D eigenvalue weighted by Crippen LogP contribution is 2.46. The van der Waals surface area contributed by atoms with Crippen molar-refractivity contribution >= 4 is 11.9 Å². The van der Waals surface area contributed by atoms with Gasteiger partial charge >= 0.3 is 5.97 Å². The third-order valence-electron chi connectivity index (χ3n) is 6.75. The molecule has 0 aromatic rings. The number of allylic oxidation sites excluding steroid dienone is 3. The van der Waals surface area contributed by atoms with Crippen LogP contribution in [-0.4, -0.2) is 47.9 Å². The number of esters is 1. The number of hydrogen-bond donors (Lipinski definition) is 1. The number of carbonyl (C=O) groups is 2. The zero-order chi connectivity index (χ0) is 24.1. The van der Waals surface area contributed by atoms with Crippen LogP contribution in [0.5, 0.6) is 0 Å². The average molecular weight is 460 g/mol. The van der Waals surface area contributed by atoms with Crippen molar-refractivity contribution < 1.29 is 23.8 Å². The number of nitrogens with one attached hydrogen (secondary N) is 1. The summed E-state index contributed by atoms with van der Waals surface area (Å²) in [4.78, 5) is 23.0. The number of carbonyl (C=O) groups excluding carboxylic acids is 2. The van der Waals surface area contributed by atoms with Crippen molar-refractivity contribution in [3.63, 3.8) is 0 Å². The number of hydrogen-bond acceptors (Lipinski definition) is 5. The van der Waals surface area contributed by atoms with E-state index >= 15 is 0 Å². The molecule has 3 unspecified atom stereocenters. The van der Waals surface area contributed by atoms with Crippen LogP contribution in [0.25, 0.3) is 0 Å². The van der Waals surface area contributed by atoms with Gasteiger partial charge in [0.2, 0.25) is 5.91 Å². The van der Waals surface area contributed by atoms with Crippen molar-refractivity contribution in [1.82, 2.24) is 5.32 Å². The first-order valence-corrected chi connectivity index (χ1v) is 12.4. The summed E-state index contributed by atoms with van der Waals surface area (Å²) in [5, 5.41) is 3.07. The second-order valence-corrected chi connectivity index (χ2v) is 10.7. The Labute approximate surface area is 198 Å². The van der Waals surface area contributed by atoms with E-state index in [9.17, 15) is 9.59 Å². The maximum Gasteiger partial charge on any atom is 0.303 e. The molecule has 3 atom stereocenters. The van der Waals surface area contributed by atoms with E-state index in [-0.39, 0.29) is 35.2 Å². The molecule has 0 bridgehead atoms. The lowest BCUT2D eigenvalue weighted by Gasteiger charge is -2.38. The summed E-state index contributed by atoms with van der Waals surface area (Å²) in [6, 6.07) is 0.219. The van der Waals surface area contributed by atoms with Crippen molar-refractivity contribution in [2.75, 3.05) is 6.61 Å². The van der Waals surface area contributed by atoms with Crippen LogP contribution in [0.4, 0.5) is 0 Å². The minimum Gasteiger partial charge on any atom is -0.459 e. The summed E-state index contributed by atoms with van der Waals surface area (Å²) < 4.78 is 17.0. The van der Waals surface area contributed by atoms with E-state index in [1.165, 1.54) is 18.6 Å². The fourth-order valence-electron chi connectivity index (χ4n) is 5.13. The molecule has 3 aliphatic rings. The number of ether oxygens (including phenoxy) is 3. The lowest BCUT2D eigenvalue weighted by atomic mass is 9.83. The van der Waals surface area contributed by atoms with Crippen LogP contribution in [0.15, 0.2) is 36.0 Å². The molecule has 6 nitrogen and oxygen atoms in total. The van der Waals surface area contributed by atoms with Crippen LogP contribution in [0.1, 0.15) is 79.6 Å². The first-order chi connectivity index (χ1) is 15.5. The van der Waals surface area contributed by atoms with Crippen molar-refractivity contribution in [1.29, 1.82) is 0 Å². The van der Waals surface area contributed by atoms with Gasteiger partial charge in [0, 0.05) is 31.9 Å². The lowest BCUT2D eigenvalue weighted by molar-refractivity contribution is -0.143. The van der Waals surface area contributed by atoms with Crippen molar-refractivity contribution in [2.45, 2.75) is 109 Å². The molecule has 3 fully saturated rings. The minimum atomic E-state index is -0.396. The molecule has 1 N–H and O–H groups in total. The Balaban J connectivity index is 1.36. The zero-order valence-electron chi connectivity index (χ0n) is 20.9. The highest BCUT2D eigenvalue weighted by atomic mass is 16.6. The summed E-state index contributed by atoms with van der Waals surface area (Å²) in [6.45, 7) is 10.4. The normalized spacial score (nSPS) is 32.8. The Morgan fingerprint density at radius 2 is 1.85 bits per heavy atom. The van der Waals surface area contributed by atoms with Gasteiger partial charge in [-0.1, -0.05) is 23.8 Å². The first kappa shape index (κ1) is 25.7. The van der Waals surface area contributed by atoms with Crippen LogP contribution < -0.4 is 5.32 Å². The Hall–Kier alpha value is -1.92. The maximum atomic E-state index is 12.1. The molecular weight excluding hydrogens is 418 g/mol. The van der Waals surface area contributed by atoms with E-state index in [2.05, 4.69) is 44.3 Å². The quantitative estimate of drug-likeness (QED) is 0.244. The van der Waals surface area contributed by atoms with Crippen molar-refractivity contribution in [2.24, 2.45) is 5.92 Å². The maximum absolute atomic E-state index is 12.1. The van der Waals surface area contributed by atoms with Gasteiger partial charge in [0.15, 0.2) is 0 Å². The van der Waals surface area contributed by atoms with E-state index in [1.54, 1.807) is 13.0 Å². The molecule has 0 aromatic carbocycles. The second-order valence-electron chi connectivity index (χ2n) is 10.7. The average Bonchev–Trinajstić information content (AvgIpc) is 3.46. The van der Waals surface area contributed by atoms with E-state index in [0.717, 1.165) is 51.6 Å². The molecule has 3 rings (SSSR count). The molecule has 0 aromatic heterocycles. The highest BCUT2D eigenvalue weighted by molar-refractivity contribution is 5.87. The van der Waals surface area contributed by atoms with Gasteiger partial charge in [0.25, 0.3) is 0 Å². The third kappa shape index (κ3) is 8.74. The topological polar surface area (TPSA) is 77.2 Å². The van der Waals surface area contributed by atoms with Gasteiger partial charge in [-0.05, 0) is 71.8 Å². The van der Waals surface area contributed by atoms with Crippen LogP contribution in [0.2, 0.25) is 0 Å². The SMILES string of the molecule is CC(=O)OC(C)C=CC(=O)NC1CCC(CC=C(C)C=CC2CC3(CO3)CC(C)(C)O2)CC1. The Bertz CT molecular complexity index is 778. The molecule has 33 heavy (non-hydrogen) atoms. The van der Waals surface area contributed by atoms with E-state index in [4.69, 9.17) is 14.2 Å². The first-order valence-electron chi connectivity index (χ1n) is 12.4. The lowest BCUT2D eigenvalue weighted by Crippen LogP contribution is -2.43. The van der Waals surface area contributed by atoms with Crippen LogP contribution in [-0.2, 0) is 23.8 Å². The number of amides is 1. The van der Waals surface area contributed by atoms with Crippen molar-refractivity contribution in [3.05, 3.63) is 36.0 Å². The van der Waals surface area contributed by atoms with Crippen molar-refractivity contribution in [3.8, 4) is 0 Å². The van der Waals surface area contributed by atoms with Gasteiger partial charge in [0.05, 0.1) is 23.9 Å². The molecule has 1 amide bonds. The minimum absolute atomic E-state index is 0.0544. The standard InChI is InChI=1S/C27H41NO5/c1-19(7-14-24-16-27(18-31-27)17-26(4,5)33-24)6-9-22-10-12-23(13-11-22)28-25(30)15-8-20(2)32-21(3)29/h6-8,14-15,20,22-24H,9-13,16-18H2,1-5H3,(H,28,30). The van der Waals surface area contributed by atoms with Gasteiger partial charge in [-0.3, -0.25) is 9.59 Å². The smallest absolute Gasteiger partial charge is 0.303 e. The number of rotatable bonds is 8. The molecule has 2 heterocycles. The van der Waals surface area contributed by atoms with E-state index in [0.29, 0.717) is 5.92 Å². The summed E-state index contributed by atoms with van der Waals surface area (Å²) in [7, 11) is 0. The second kappa shape index (κ2) is 11.0. The van der Waals surface area contributed by atoms with Gasteiger partial charge in [-0.25, -0.2) is 0 Å². The predicted octanol–water partition coefficient (Wildman–Crippen LogP) is 4.79. The molecule has 0 radical (unpaired) electrons. The predicted molar refractivity (Wildman–Crippen MR) is 129 cm³/mol.